The monoisotopic (exact) mass is 318 g/mol. The van der Waals surface area contributed by atoms with Crippen LogP contribution in [0.3, 0.4) is 0 Å². The van der Waals surface area contributed by atoms with Crippen LogP contribution in [-0.2, 0) is 12.3 Å². The Kier molecular flexibility index (Phi) is 4.61. The second kappa shape index (κ2) is 7.00. The molecule has 2 aromatic carbocycles. The number of aryl methyl sites for hydroxylation is 1. The molecule has 0 aliphatic heterocycles. The first-order valence-electron chi connectivity index (χ1n) is 7.26. The van der Waals surface area contributed by atoms with E-state index in [1.54, 1.807) is 11.8 Å². The lowest BCUT2D eigenvalue weighted by Crippen LogP contribution is -1.99. The standard InChI is InChI=1S/C18H14N4S/c19-10-3-11-22-17-5-2-1-4-16(17)21-18(22)23-13-15-8-6-14(12-20)7-9-15/h1-2,4-9H,3,11,13H2. The van der Waals surface area contributed by atoms with Crippen molar-refractivity contribution in [1.29, 1.82) is 10.5 Å². The molecule has 0 N–H and O–H groups in total. The number of hydrogen-bond donors (Lipinski definition) is 0. The number of rotatable bonds is 5. The highest BCUT2D eigenvalue weighted by Crippen LogP contribution is 2.27. The number of fused-ring (bicyclic) bond motifs is 1. The number of imidazole rings is 1. The van der Waals surface area contributed by atoms with Gasteiger partial charge in [0, 0.05) is 12.3 Å². The van der Waals surface area contributed by atoms with Gasteiger partial charge in [-0.3, -0.25) is 0 Å². The molecule has 5 heteroatoms. The Morgan fingerprint density at radius 1 is 1.04 bits per heavy atom. The zero-order chi connectivity index (χ0) is 16.1. The van der Waals surface area contributed by atoms with Gasteiger partial charge in [-0.1, -0.05) is 36.0 Å². The number of benzene rings is 2. The van der Waals surface area contributed by atoms with Crippen molar-refractivity contribution < 1.29 is 0 Å². The summed E-state index contributed by atoms with van der Waals surface area (Å²) in [4.78, 5) is 4.68. The fourth-order valence-corrected chi connectivity index (χ4v) is 3.36. The summed E-state index contributed by atoms with van der Waals surface area (Å²) in [5.41, 5.74) is 3.82. The summed E-state index contributed by atoms with van der Waals surface area (Å²) in [6.45, 7) is 0.646. The largest absolute Gasteiger partial charge is 0.318 e. The van der Waals surface area contributed by atoms with Gasteiger partial charge in [0.1, 0.15) is 0 Å². The van der Waals surface area contributed by atoms with Gasteiger partial charge in [-0.15, -0.1) is 0 Å². The first-order chi connectivity index (χ1) is 11.3. The second-order valence-corrected chi connectivity index (χ2v) is 5.98. The molecule has 0 saturated carbocycles. The van der Waals surface area contributed by atoms with Gasteiger partial charge in [0.25, 0.3) is 0 Å². The average Bonchev–Trinajstić information content (AvgIpc) is 2.96. The summed E-state index contributed by atoms with van der Waals surface area (Å²) in [5.74, 6) is 0.779. The van der Waals surface area contributed by atoms with E-state index in [9.17, 15) is 0 Å². The van der Waals surface area contributed by atoms with E-state index in [0.717, 1.165) is 27.5 Å². The highest BCUT2D eigenvalue weighted by molar-refractivity contribution is 7.98. The number of para-hydroxylation sites is 2. The molecule has 0 bridgehead atoms. The van der Waals surface area contributed by atoms with Gasteiger partial charge >= 0.3 is 0 Å². The van der Waals surface area contributed by atoms with E-state index in [0.29, 0.717) is 18.5 Å². The Balaban J connectivity index is 1.83. The molecule has 0 radical (unpaired) electrons. The molecule has 0 aliphatic rings. The van der Waals surface area contributed by atoms with Crippen LogP contribution in [0.4, 0.5) is 0 Å². The minimum Gasteiger partial charge on any atom is -0.318 e. The van der Waals surface area contributed by atoms with E-state index in [1.165, 1.54) is 0 Å². The van der Waals surface area contributed by atoms with Gasteiger partial charge in [-0.25, -0.2) is 4.98 Å². The number of aromatic nitrogens is 2. The number of hydrogen-bond acceptors (Lipinski definition) is 4. The summed E-state index contributed by atoms with van der Waals surface area (Å²) in [7, 11) is 0. The summed E-state index contributed by atoms with van der Waals surface area (Å²) in [5, 5.41) is 18.6. The minimum absolute atomic E-state index is 0.463. The quantitative estimate of drug-likeness (QED) is 0.664. The zero-order valence-corrected chi connectivity index (χ0v) is 13.3. The third-order valence-electron chi connectivity index (χ3n) is 3.52. The van der Waals surface area contributed by atoms with Gasteiger partial charge in [-0.2, -0.15) is 10.5 Å². The van der Waals surface area contributed by atoms with E-state index >= 15 is 0 Å². The SMILES string of the molecule is N#CCCn1c(SCc2ccc(C#N)cc2)nc2ccccc21. The molecule has 0 amide bonds. The van der Waals surface area contributed by atoms with Crippen molar-refractivity contribution in [3.05, 3.63) is 59.7 Å². The van der Waals surface area contributed by atoms with Crippen molar-refractivity contribution in [3.8, 4) is 12.1 Å². The van der Waals surface area contributed by atoms with E-state index < -0.39 is 0 Å². The van der Waals surface area contributed by atoms with Crippen LogP contribution in [0.2, 0.25) is 0 Å². The Morgan fingerprint density at radius 2 is 1.83 bits per heavy atom. The van der Waals surface area contributed by atoms with Crippen LogP contribution in [0.15, 0.2) is 53.7 Å². The predicted molar refractivity (Wildman–Crippen MR) is 90.7 cm³/mol. The molecule has 0 aliphatic carbocycles. The summed E-state index contributed by atoms with van der Waals surface area (Å²) in [6, 6.07) is 19.9. The average molecular weight is 318 g/mol. The molecule has 0 fully saturated rings. The Hall–Kier alpha value is -2.76. The van der Waals surface area contributed by atoms with E-state index in [-0.39, 0.29) is 0 Å². The van der Waals surface area contributed by atoms with Crippen LogP contribution in [0, 0.1) is 22.7 Å². The maximum Gasteiger partial charge on any atom is 0.169 e. The zero-order valence-electron chi connectivity index (χ0n) is 12.4. The second-order valence-electron chi connectivity index (χ2n) is 5.04. The minimum atomic E-state index is 0.463. The number of nitrogens with zero attached hydrogens (tertiary/aromatic N) is 4. The van der Waals surface area contributed by atoms with E-state index in [4.69, 9.17) is 10.5 Å². The first-order valence-corrected chi connectivity index (χ1v) is 8.24. The fourth-order valence-electron chi connectivity index (χ4n) is 2.36. The Bertz CT molecular complexity index is 897. The van der Waals surface area contributed by atoms with Gasteiger partial charge in [0.15, 0.2) is 5.16 Å². The smallest absolute Gasteiger partial charge is 0.169 e. The normalized spacial score (nSPS) is 10.3. The van der Waals surface area contributed by atoms with Crippen molar-refractivity contribution in [1.82, 2.24) is 9.55 Å². The van der Waals surface area contributed by atoms with Crippen molar-refractivity contribution in [2.24, 2.45) is 0 Å². The van der Waals surface area contributed by atoms with Crippen LogP contribution in [0.1, 0.15) is 17.5 Å². The molecule has 1 aromatic heterocycles. The number of thioether (sulfide) groups is 1. The lowest BCUT2D eigenvalue weighted by Gasteiger charge is -2.06. The lowest BCUT2D eigenvalue weighted by atomic mass is 10.2. The highest BCUT2D eigenvalue weighted by atomic mass is 32.2. The predicted octanol–water partition coefficient (Wildman–Crippen LogP) is 4.11. The first kappa shape index (κ1) is 15.1. The van der Waals surface area contributed by atoms with Crippen molar-refractivity contribution in [2.45, 2.75) is 23.9 Å². The van der Waals surface area contributed by atoms with E-state index in [2.05, 4.69) is 21.7 Å². The van der Waals surface area contributed by atoms with Crippen molar-refractivity contribution in [3.63, 3.8) is 0 Å². The molecule has 0 saturated heterocycles. The molecule has 3 aromatic rings. The molecule has 0 atom stereocenters. The van der Waals surface area contributed by atoms with Crippen molar-refractivity contribution >= 4 is 22.8 Å². The summed E-state index contributed by atoms with van der Waals surface area (Å²) >= 11 is 1.65. The van der Waals surface area contributed by atoms with Crippen LogP contribution < -0.4 is 0 Å². The molecular formula is C18H14N4S. The van der Waals surface area contributed by atoms with Gasteiger partial charge < -0.3 is 4.57 Å². The van der Waals surface area contributed by atoms with Gasteiger partial charge in [0.2, 0.25) is 0 Å². The van der Waals surface area contributed by atoms with Crippen LogP contribution in [0.5, 0.6) is 0 Å². The molecule has 0 unspecified atom stereocenters. The molecule has 3 rings (SSSR count). The molecule has 112 valence electrons. The van der Waals surface area contributed by atoms with Gasteiger partial charge in [0.05, 0.1) is 35.2 Å². The fraction of sp³-hybridized carbons (Fsp3) is 0.167. The topological polar surface area (TPSA) is 65.4 Å². The van der Waals surface area contributed by atoms with E-state index in [1.807, 2.05) is 48.5 Å². The van der Waals surface area contributed by atoms with Gasteiger partial charge in [-0.05, 0) is 29.8 Å². The summed E-state index contributed by atoms with van der Waals surface area (Å²) in [6.07, 6.45) is 0.463. The molecular weight excluding hydrogens is 304 g/mol. The number of nitriles is 2. The van der Waals surface area contributed by atoms with Crippen LogP contribution in [-0.4, -0.2) is 9.55 Å². The highest BCUT2D eigenvalue weighted by Gasteiger charge is 2.10. The Labute approximate surface area is 139 Å². The lowest BCUT2D eigenvalue weighted by molar-refractivity contribution is 0.667. The molecule has 1 heterocycles. The third-order valence-corrected chi connectivity index (χ3v) is 4.57. The maximum absolute atomic E-state index is 8.87. The molecule has 23 heavy (non-hydrogen) atoms. The maximum atomic E-state index is 8.87. The van der Waals surface area contributed by atoms with Crippen LogP contribution in [0.25, 0.3) is 11.0 Å². The Morgan fingerprint density at radius 3 is 2.57 bits per heavy atom. The summed E-state index contributed by atoms with van der Waals surface area (Å²) < 4.78 is 2.10. The van der Waals surface area contributed by atoms with Crippen molar-refractivity contribution in [2.75, 3.05) is 0 Å². The third kappa shape index (κ3) is 3.36. The molecule has 4 nitrogen and oxygen atoms in total. The molecule has 0 spiro atoms. The van der Waals surface area contributed by atoms with Crippen LogP contribution >= 0.6 is 11.8 Å².